The maximum absolute atomic E-state index is 12.9. The minimum atomic E-state index is -3.55. The molecule has 0 aliphatic heterocycles. The van der Waals surface area contributed by atoms with Crippen LogP contribution in [-0.4, -0.2) is 26.8 Å². The molecule has 0 bridgehead atoms. The molecule has 7 heteroatoms. The molecule has 114 valence electrons. The highest BCUT2D eigenvalue weighted by atomic mass is 32.2. The summed E-state index contributed by atoms with van der Waals surface area (Å²) in [4.78, 5) is 1.11. The molecule has 1 aromatic heterocycles. The van der Waals surface area contributed by atoms with Crippen molar-refractivity contribution in [3.8, 4) is 0 Å². The molecule has 0 aliphatic carbocycles. The summed E-state index contributed by atoms with van der Waals surface area (Å²) in [7, 11) is -0.243. The normalized spacial score (nSPS) is 12.0. The molecule has 2 rings (SSSR count). The van der Waals surface area contributed by atoms with Crippen molar-refractivity contribution in [1.82, 2.24) is 9.62 Å². The number of hydrogen-bond donors (Lipinski definition) is 1. The van der Waals surface area contributed by atoms with Gasteiger partial charge in [-0.2, -0.15) is 4.31 Å². The topological polar surface area (TPSA) is 49.4 Å². The first-order valence-electron chi connectivity index (χ1n) is 6.37. The molecule has 2 aromatic rings. The summed E-state index contributed by atoms with van der Waals surface area (Å²) in [5.41, 5.74) is 0.743. The predicted molar refractivity (Wildman–Crippen MR) is 82.1 cm³/mol. The fourth-order valence-electron chi connectivity index (χ4n) is 1.95. The van der Waals surface area contributed by atoms with Gasteiger partial charge >= 0.3 is 0 Å². The van der Waals surface area contributed by atoms with Crippen molar-refractivity contribution in [3.63, 3.8) is 0 Å². The van der Waals surface area contributed by atoms with Gasteiger partial charge < -0.3 is 5.32 Å². The molecule has 1 N–H and O–H groups in total. The molecule has 0 amide bonds. The zero-order valence-corrected chi connectivity index (χ0v) is 13.5. The van der Waals surface area contributed by atoms with Gasteiger partial charge in [-0.3, -0.25) is 0 Å². The number of benzene rings is 1. The Bertz CT molecular complexity index is 696. The fourth-order valence-corrected chi connectivity index (χ4v) is 4.53. The summed E-state index contributed by atoms with van der Waals surface area (Å²) in [6, 6.07) is 7.44. The van der Waals surface area contributed by atoms with Crippen molar-refractivity contribution in [2.45, 2.75) is 18.0 Å². The van der Waals surface area contributed by atoms with Gasteiger partial charge in [-0.05, 0) is 36.2 Å². The molecular formula is C14H17FN2O2S2. The van der Waals surface area contributed by atoms with Crippen LogP contribution in [0.1, 0.15) is 10.4 Å². The lowest BCUT2D eigenvalue weighted by Crippen LogP contribution is -2.27. The van der Waals surface area contributed by atoms with E-state index in [0.29, 0.717) is 11.4 Å². The van der Waals surface area contributed by atoms with Gasteiger partial charge in [0.25, 0.3) is 0 Å². The molecule has 0 radical (unpaired) electrons. The van der Waals surface area contributed by atoms with Crippen LogP contribution >= 0.6 is 11.3 Å². The van der Waals surface area contributed by atoms with Crippen molar-refractivity contribution in [2.24, 2.45) is 0 Å². The Morgan fingerprint density at radius 2 is 1.90 bits per heavy atom. The first kappa shape index (κ1) is 16.1. The first-order chi connectivity index (χ1) is 9.95. The molecule has 4 nitrogen and oxygen atoms in total. The van der Waals surface area contributed by atoms with E-state index in [-0.39, 0.29) is 12.4 Å². The number of thiophene rings is 1. The average Bonchev–Trinajstić information content (AvgIpc) is 2.90. The van der Waals surface area contributed by atoms with Crippen LogP contribution in [0.25, 0.3) is 0 Å². The zero-order valence-electron chi connectivity index (χ0n) is 11.8. The Hall–Kier alpha value is -1.28. The van der Waals surface area contributed by atoms with Crippen molar-refractivity contribution < 1.29 is 12.8 Å². The SMILES string of the molecule is CNCc1sccc1S(=O)(=O)N(C)Cc1ccc(F)cc1. The number of hydrogen-bond acceptors (Lipinski definition) is 4. The van der Waals surface area contributed by atoms with Gasteiger partial charge in [-0.15, -0.1) is 11.3 Å². The van der Waals surface area contributed by atoms with Crippen LogP contribution in [0.5, 0.6) is 0 Å². The molecule has 0 unspecified atom stereocenters. The van der Waals surface area contributed by atoms with Crippen LogP contribution in [0.15, 0.2) is 40.6 Å². The molecule has 0 saturated heterocycles. The van der Waals surface area contributed by atoms with Gasteiger partial charge in [0.2, 0.25) is 10.0 Å². The van der Waals surface area contributed by atoms with Crippen LogP contribution < -0.4 is 5.32 Å². The van der Waals surface area contributed by atoms with Gasteiger partial charge in [0, 0.05) is 25.0 Å². The summed E-state index contributed by atoms with van der Waals surface area (Å²) in [6.45, 7) is 0.716. The smallest absolute Gasteiger partial charge is 0.244 e. The quantitative estimate of drug-likeness (QED) is 0.886. The Labute approximate surface area is 128 Å². The first-order valence-corrected chi connectivity index (χ1v) is 8.69. The number of nitrogens with one attached hydrogen (secondary N) is 1. The Balaban J connectivity index is 2.22. The van der Waals surface area contributed by atoms with Gasteiger partial charge in [0.1, 0.15) is 5.82 Å². The standard InChI is InChI=1S/C14H17FN2O2S2/c1-16-9-13-14(7-8-20-13)21(18,19)17(2)10-11-3-5-12(15)6-4-11/h3-8,16H,9-10H2,1-2H3. The summed E-state index contributed by atoms with van der Waals surface area (Å²) < 4.78 is 39.3. The van der Waals surface area contributed by atoms with E-state index in [4.69, 9.17) is 0 Å². The van der Waals surface area contributed by atoms with Crippen molar-refractivity contribution in [1.29, 1.82) is 0 Å². The van der Waals surface area contributed by atoms with E-state index in [2.05, 4.69) is 5.32 Å². The third kappa shape index (κ3) is 3.68. The predicted octanol–water partition coefficient (Wildman–Crippen LogP) is 2.43. The molecule has 0 spiro atoms. The maximum atomic E-state index is 12.9. The number of halogens is 1. The summed E-state index contributed by atoms with van der Waals surface area (Å²) >= 11 is 1.41. The van der Waals surface area contributed by atoms with E-state index in [1.165, 1.54) is 34.8 Å². The van der Waals surface area contributed by atoms with Gasteiger partial charge in [-0.1, -0.05) is 12.1 Å². The molecule has 21 heavy (non-hydrogen) atoms. The van der Waals surface area contributed by atoms with E-state index >= 15 is 0 Å². The monoisotopic (exact) mass is 328 g/mol. The van der Waals surface area contributed by atoms with Gasteiger partial charge in [0.05, 0.1) is 4.90 Å². The van der Waals surface area contributed by atoms with Crippen LogP contribution in [0, 0.1) is 5.82 Å². The second kappa shape index (κ2) is 6.65. The Kier molecular flexibility index (Phi) is 5.10. The molecule has 0 aliphatic rings. The fraction of sp³-hybridized carbons (Fsp3) is 0.286. The van der Waals surface area contributed by atoms with Crippen LogP contribution in [-0.2, 0) is 23.1 Å². The lowest BCUT2D eigenvalue weighted by atomic mass is 10.2. The number of sulfonamides is 1. The molecular weight excluding hydrogens is 311 g/mol. The summed E-state index contributed by atoms with van der Waals surface area (Å²) in [6.07, 6.45) is 0. The van der Waals surface area contributed by atoms with Crippen molar-refractivity contribution >= 4 is 21.4 Å². The lowest BCUT2D eigenvalue weighted by Gasteiger charge is -2.17. The Morgan fingerprint density at radius 3 is 2.52 bits per heavy atom. The molecule has 0 fully saturated rings. The highest BCUT2D eigenvalue weighted by Crippen LogP contribution is 2.25. The van der Waals surface area contributed by atoms with Gasteiger partial charge in [-0.25, -0.2) is 12.8 Å². The number of nitrogens with zero attached hydrogens (tertiary/aromatic N) is 1. The molecule has 0 saturated carbocycles. The minimum Gasteiger partial charge on any atom is -0.315 e. The molecule has 0 atom stereocenters. The maximum Gasteiger partial charge on any atom is 0.244 e. The van der Waals surface area contributed by atoms with E-state index < -0.39 is 10.0 Å². The van der Waals surface area contributed by atoms with E-state index in [1.54, 1.807) is 30.6 Å². The highest BCUT2D eigenvalue weighted by Gasteiger charge is 2.24. The van der Waals surface area contributed by atoms with Crippen molar-refractivity contribution in [2.75, 3.05) is 14.1 Å². The summed E-state index contributed by atoms with van der Waals surface area (Å²) in [5, 5.41) is 4.73. The van der Waals surface area contributed by atoms with Crippen LogP contribution in [0.2, 0.25) is 0 Å². The van der Waals surface area contributed by atoms with Gasteiger partial charge in [0.15, 0.2) is 0 Å². The van der Waals surface area contributed by atoms with E-state index in [1.807, 2.05) is 0 Å². The Morgan fingerprint density at radius 1 is 1.24 bits per heavy atom. The van der Waals surface area contributed by atoms with E-state index in [0.717, 1.165) is 10.4 Å². The zero-order chi connectivity index (χ0) is 15.5. The molecule has 1 heterocycles. The number of rotatable bonds is 6. The highest BCUT2D eigenvalue weighted by molar-refractivity contribution is 7.89. The largest absolute Gasteiger partial charge is 0.315 e. The third-order valence-electron chi connectivity index (χ3n) is 3.05. The second-order valence-electron chi connectivity index (χ2n) is 4.63. The average molecular weight is 328 g/mol. The van der Waals surface area contributed by atoms with E-state index in [9.17, 15) is 12.8 Å². The molecule has 1 aromatic carbocycles. The third-order valence-corrected chi connectivity index (χ3v) is 5.99. The lowest BCUT2D eigenvalue weighted by molar-refractivity contribution is 0.466. The van der Waals surface area contributed by atoms with Crippen LogP contribution in [0.3, 0.4) is 0 Å². The minimum absolute atomic E-state index is 0.206. The van der Waals surface area contributed by atoms with Crippen molar-refractivity contribution in [3.05, 3.63) is 52.0 Å². The van der Waals surface area contributed by atoms with Crippen LogP contribution in [0.4, 0.5) is 4.39 Å². The summed E-state index contributed by atoms with van der Waals surface area (Å²) in [5.74, 6) is -0.335. The second-order valence-corrected chi connectivity index (χ2v) is 7.64.